The van der Waals surface area contributed by atoms with Gasteiger partial charge in [0.2, 0.25) is 0 Å². The first-order valence-corrected chi connectivity index (χ1v) is 2.52. The van der Waals surface area contributed by atoms with Crippen LogP contribution in [0.15, 0.2) is 0 Å². The van der Waals surface area contributed by atoms with E-state index in [1.165, 1.54) is 0 Å². The molecule has 0 aliphatic carbocycles. The molecule has 0 aliphatic rings. The summed E-state index contributed by atoms with van der Waals surface area (Å²) in [6.45, 7) is 5.62. The monoisotopic (exact) mass is 175 g/mol. The van der Waals surface area contributed by atoms with Crippen LogP contribution in [0.2, 0.25) is 0 Å². The summed E-state index contributed by atoms with van der Waals surface area (Å²) in [6, 6.07) is 0. The number of hydrogen-bond donors (Lipinski definition) is 0. The standard InChI is InChI=1S/C5H8N.C2H5.Zn/c1-4-5-6(2)3;1-2;/h5H2,2-3H3;1H2,2H3;/q2*-1;+2. The van der Waals surface area contributed by atoms with Crippen LogP contribution < -0.4 is 0 Å². The number of nitrogens with zero attached hydrogens (tertiary/aromatic N) is 1. The van der Waals surface area contributed by atoms with E-state index in [2.05, 4.69) is 12.8 Å². The van der Waals surface area contributed by atoms with E-state index >= 15 is 0 Å². The Morgan fingerprint density at radius 2 is 1.78 bits per heavy atom. The predicted octanol–water partition coefficient (Wildman–Crippen LogP) is 0.976. The fourth-order valence-electron chi connectivity index (χ4n) is 0.158. The third-order valence-corrected chi connectivity index (χ3v) is 0.395. The van der Waals surface area contributed by atoms with Crippen LogP contribution >= 0.6 is 0 Å². The van der Waals surface area contributed by atoms with Crippen LogP contribution in [-0.2, 0) is 19.5 Å². The molecular formula is C7H13NZn. The van der Waals surface area contributed by atoms with Gasteiger partial charge in [0.1, 0.15) is 0 Å². The molecule has 0 aromatic heterocycles. The van der Waals surface area contributed by atoms with Crippen molar-refractivity contribution in [2.24, 2.45) is 0 Å². The molecule has 0 amide bonds. The van der Waals surface area contributed by atoms with E-state index in [0.717, 1.165) is 0 Å². The van der Waals surface area contributed by atoms with Gasteiger partial charge in [0.15, 0.2) is 0 Å². The molecule has 0 aromatic rings. The second kappa shape index (κ2) is 15.7. The van der Waals surface area contributed by atoms with Gasteiger partial charge < -0.3 is 24.2 Å². The molecule has 9 heavy (non-hydrogen) atoms. The molecule has 0 spiro atoms. The molecule has 0 unspecified atom stereocenters. The van der Waals surface area contributed by atoms with E-state index in [1.807, 2.05) is 19.0 Å². The zero-order valence-electron chi connectivity index (χ0n) is 6.57. The molecule has 2 heteroatoms. The second-order valence-electron chi connectivity index (χ2n) is 1.41. The summed E-state index contributed by atoms with van der Waals surface area (Å²) < 4.78 is 0. The number of rotatable bonds is 1. The summed E-state index contributed by atoms with van der Waals surface area (Å²) in [4.78, 5) is 1.88. The van der Waals surface area contributed by atoms with E-state index in [9.17, 15) is 0 Å². The van der Waals surface area contributed by atoms with Crippen molar-refractivity contribution in [3.8, 4) is 5.92 Å². The Bertz CT molecular complexity index is 63.8. The van der Waals surface area contributed by atoms with Crippen LogP contribution in [-0.4, -0.2) is 25.5 Å². The molecule has 0 heterocycles. The maximum absolute atomic E-state index is 6.44. The van der Waals surface area contributed by atoms with Crippen molar-refractivity contribution >= 4 is 0 Å². The fraction of sp³-hybridized carbons (Fsp3) is 0.571. The molecule has 0 saturated heterocycles. The minimum atomic E-state index is 0. The average Bonchev–Trinajstić information content (AvgIpc) is 1.72. The summed E-state index contributed by atoms with van der Waals surface area (Å²) in [6.07, 6.45) is 6.44. The van der Waals surface area contributed by atoms with E-state index < -0.39 is 0 Å². The summed E-state index contributed by atoms with van der Waals surface area (Å²) >= 11 is 0. The molecule has 0 N–H and O–H groups in total. The van der Waals surface area contributed by atoms with Crippen LogP contribution in [0, 0.1) is 19.3 Å². The van der Waals surface area contributed by atoms with Gasteiger partial charge in [-0.2, -0.15) is 6.92 Å². The van der Waals surface area contributed by atoms with Crippen LogP contribution in [0.3, 0.4) is 0 Å². The van der Waals surface area contributed by atoms with Crippen molar-refractivity contribution in [1.82, 2.24) is 4.90 Å². The summed E-state index contributed by atoms with van der Waals surface area (Å²) in [7, 11) is 3.81. The molecular weight excluding hydrogens is 163 g/mol. The minimum absolute atomic E-state index is 0. The molecule has 1 nitrogen and oxygen atoms in total. The van der Waals surface area contributed by atoms with Crippen LogP contribution in [0.25, 0.3) is 0 Å². The first kappa shape index (κ1) is 16.1. The Morgan fingerprint density at radius 3 is 1.78 bits per heavy atom. The fourth-order valence-corrected chi connectivity index (χ4v) is 0.158. The SMILES string of the molecule is [C-]#CCN(C)C.[CH2-]C.[Zn+2]. The maximum atomic E-state index is 6.44. The zero-order chi connectivity index (χ0) is 6.99. The van der Waals surface area contributed by atoms with Gasteiger partial charge in [-0.3, -0.25) is 0 Å². The molecule has 0 saturated carbocycles. The summed E-state index contributed by atoms with van der Waals surface area (Å²) in [5, 5.41) is 0. The summed E-state index contributed by atoms with van der Waals surface area (Å²) in [5.74, 6) is 2.24. The Kier molecular flexibility index (Phi) is 28.0. The summed E-state index contributed by atoms with van der Waals surface area (Å²) in [5.41, 5.74) is 0. The van der Waals surface area contributed by atoms with Gasteiger partial charge in [-0.15, -0.1) is 0 Å². The molecule has 0 aromatic carbocycles. The first-order valence-electron chi connectivity index (χ1n) is 2.52. The van der Waals surface area contributed by atoms with Crippen molar-refractivity contribution in [1.29, 1.82) is 0 Å². The Hall–Kier alpha value is 0.143. The van der Waals surface area contributed by atoms with Crippen molar-refractivity contribution in [2.45, 2.75) is 6.92 Å². The van der Waals surface area contributed by atoms with Crippen molar-refractivity contribution in [2.75, 3.05) is 20.6 Å². The minimum Gasteiger partial charge on any atom is -0.692 e. The molecule has 0 radical (unpaired) electrons. The van der Waals surface area contributed by atoms with Crippen molar-refractivity contribution < 1.29 is 19.5 Å². The third kappa shape index (κ3) is 31.1. The zero-order valence-corrected chi connectivity index (χ0v) is 9.54. The smallest absolute Gasteiger partial charge is 0.692 e. The molecule has 0 bridgehead atoms. The quantitative estimate of drug-likeness (QED) is 0.327. The third-order valence-electron chi connectivity index (χ3n) is 0.395. The van der Waals surface area contributed by atoms with E-state index in [-0.39, 0.29) is 19.5 Å². The van der Waals surface area contributed by atoms with Gasteiger partial charge in [0.05, 0.1) is 0 Å². The van der Waals surface area contributed by atoms with Gasteiger partial charge in [0.25, 0.3) is 0 Å². The molecule has 0 rings (SSSR count). The van der Waals surface area contributed by atoms with E-state index in [4.69, 9.17) is 6.42 Å². The molecule has 0 atom stereocenters. The van der Waals surface area contributed by atoms with Crippen molar-refractivity contribution in [3.63, 3.8) is 0 Å². The predicted molar refractivity (Wildman–Crippen MR) is 36.7 cm³/mol. The largest absolute Gasteiger partial charge is 2.00 e. The Balaban J connectivity index is -0.000000109. The molecule has 0 fully saturated rings. The number of hydrogen-bond acceptors (Lipinski definition) is 1. The maximum Gasteiger partial charge on any atom is 2.00 e. The van der Waals surface area contributed by atoms with Gasteiger partial charge in [-0.25, -0.2) is 0 Å². The van der Waals surface area contributed by atoms with Gasteiger partial charge in [-0.1, -0.05) is 0 Å². The van der Waals surface area contributed by atoms with Crippen LogP contribution in [0.4, 0.5) is 0 Å². The Morgan fingerprint density at radius 1 is 1.44 bits per heavy atom. The van der Waals surface area contributed by atoms with E-state index in [0.29, 0.717) is 6.54 Å². The van der Waals surface area contributed by atoms with Crippen molar-refractivity contribution in [3.05, 3.63) is 13.3 Å². The van der Waals surface area contributed by atoms with Gasteiger partial charge >= 0.3 is 19.5 Å². The molecule has 48 valence electrons. The van der Waals surface area contributed by atoms with E-state index in [1.54, 1.807) is 6.92 Å². The molecule has 0 aliphatic heterocycles. The first-order chi connectivity index (χ1) is 3.77. The Labute approximate surface area is 71.6 Å². The van der Waals surface area contributed by atoms with Gasteiger partial charge in [-0.05, 0) is 14.1 Å². The second-order valence-corrected chi connectivity index (χ2v) is 1.41. The van der Waals surface area contributed by atoms with Gasteiger partial charge in [0, 0.05) is 6.54 Å². The average molecular weight is 177 g/mol. The normalized spacial score (nSPS) is 6.22. The topological polar surface area (TPSA) is 3.24 Å². The van der Waals surface area contributed by atoms with Crippen LogP contribution in [0.1, 0.15) is 6.92 Å². The van der Waals surface area contributed by atoms with Crippen LogP contribution in [0.5, 0.6) is 0 Å².